The van der Waals surface area contributed by atoms with E-state index in [1.54, 1.807) is 0 Å². The van der Waals surface area contributed by atoms with Crippen LogP contribution in [0.1, 0.15) is 62.0 Å². The van der Waals surface area contributed by atoms with E-state index in [0.717, 1.165) is 68.4 Å². The smallest absolute Gasteiger partial charge is 0.228 e. The second-order valence-corrected chi connectivity index (χ2v) is 9.92. The summed E-state index contributed by atoms with van der Waals surface area (Å²) in [4.78, 5) is 18.3. The van der Waals surface area contributed by atoms with Gasteiger partial charge in [-0.05, 0) is 76.5 Å². The average Bonchev–Trinajstić information content (AvgIpc) is 2.83. The zero-order valence-corrected chi connectivity index (χ0v) is 16.9. The van der Waals surface area contributed by atoms with Gasteiger partial charge in [0.05, 0.1) is 11.1 Å². The first kappa shape index (κ1) is 17.7. The molecule has 1 aliphatic heterocycles. The van der Waals surface area contributed by atoms with E-state index in [0.29, 0.717) is 5.91 Å². The Morgan fingerprint density at radius 2 is 1.70 bits per heavy atom. The highest BCUT2D eigenvalue weighted by molar-refractivity contribution is 5.83. The van der Waals surface area contributed by atoms with Gasteiger partial charge in [-0.2, -0.15) is 0 Å². The molecule has 4 bridgehead atoms. The maximum Gasteiger partial charge on any atom is 0.228 e. The second-order valence-electron chi connectivity index (χ2n) is 9.92. The van der Waals surface area contributed by atoms with E-state index in [1.165, 1.54) is 44.1 Å². The number of carbonyl (C=O) groups is 1. The molecular weight excluding hydrogens is 338 g/mol. The highest BCUT2D eigenvalue weighted by atomic mass is 16.5. The summed E-state index contributed by atoms with van der Waals surface area (Å²) in [5.41, 5.74) is 2.22. The van der Waals surface area contributed by atoms with Crippen LogP contribution < -0.4 is 0 Å². The molecule has 4 aliphatic carbocycles. The lowest BCUT2D eigenvalue weighted by atomic mass is 9.49. The van der Waals surface area contributed by atoms with Crippen LogP contribution in [0.5, 0.6) is 0 Å². The molecule has 148 valence electrons. The first-order chi connectivity index (χ1) is 13.0. The molecule has 5 aliphatic rings. The van der Waals surface area contributed by atoms with Crippen LogP contribution in [0.15, 0.2) is 4.52 Å². The molecule has 5 fully saturated rings. The zero-order valence-electron chi connectivity index (χ0n) is 16.9. The Balaban J connectivity index is 1.25. The summed E-state index contributed by atoms with van der Waals surface area (Å²) in [5.74, 6) is 3.94. The normalized spacial score (nSPS) is 36.2. The molecular formula is C22H33N3O2. The summed E-state index contributed by atoms with van der Waals surface area (Å²) < 4.78 is 5.32. The maximum absolute atomic E-state index is 13.6. The summed E-state index contributed by atoms with van der Waals surface area (Å²) >= 11 is 0. The molecule has 1 amide bonds. The van der Waals surface area contributed by atoms with Crippen LogP contribution in [-0.4, -0.2) is 47.0 Å². The molecule has 0 unspecified atom stereocenters. The van der Waals surface area contributed by atoms with E-state index in [-0.39, 0.29) is 5.41 Å². The van der Waals surface area contributed by atoms with Gasteiger partial charge in [0.1, 0.15) is 5.76 Å². The Hall–Kier alpha value is -1.36. The number of nitrogens with zero attached hydrogens (tertiary/aromatic N) is 3. The third-order valence-corrected chi connectivity index (χ3v) is 7.93. The molecule has 0 aromatic carbocycles. The summed E-state index contributed by atoms with van der Waals surface area (Å²) in [5, 5.41) is 4.09. The first-order valence-corrected chi connectivity index (χ1v) is 11.0. The summed E-state index contributed by atoms with van der Waals surface area (Å²) in [7, 11) is 0. The molecule has 1 aromatic heterocycles. The fourth-order valence-electron chi connectivity index (χ4n) is 6.99. The van der Waals surface area contributed by atoms with Crippen molar-refractivity contribution < 1.29 is 9.32 Å². The van der Waals surface area contributed by atoms with Crippen molar-refractivity contribution in [2.24, 2.45) is 23.2 Å². The fraction of sp³-hybridized carbons (Fsp3) is 0.818. The Morgan fingerprint density at radius 3 is 2.30 bits per heavy atom. The van der Waals surface area contributed by atoms with E-state index in [9.17, 15) is 4.79 Å². The van der Waals surface area contributed by atoms with Gasteiger partial charge < -0.3 is 9.42 Å². The van der Waals surface area contributed by atoms with E-state index in [2.05, 4.69) is 15.0 Å². The van der Waals surface area contributed by atoms with Gasteiger partial charge in [0.15, 0.2) is 0 Å². The van der Waals surface area contributed by atoms with Crippen molar-refractivity contribution in [1.29, 1.82) is 0 Å². The topological polar surface area (TPSA) is 49.6 Å². The van der Waals surface area contributed by atoms with Crippen molar-refractivity contribution in [3.63, 3.8) is 0 Å². The number of carbonyl (C=O) groups excluding carboxylic acids is 1. The van der Waals surface area contributed by atoms with Gasteiger partial charge in [-0.25, -0.2) is 0 Å². The summed E-state index contributed by atoms with van der Waals surface area (Å²) in [6.45, 7) is 8.72. The molecule has 0 spiro atoms. The van der Waals surface area contributed by atoms with Crippen molar-refractivity contribution in [3.8, 4) is 0 Å². The summed E-state index contributed by atoms with van der Waals surface area (Å²) in [6.07, 6.45) is 8.81. The van der Waals surface area contributed by atoms with Crippen LogP contribution in [0, 0.1) is 37.0 Å². The lowest BCUT2D eigenvalue weighted by Gasteiger charge is -2.56. The third kappa shape index (κ3) is 3.12. The van der Waals surface area contributed by atoms with Gasteiger partial charge in [0, 0.05) is 38.3 Å². The van der Waals surface area contributed by atoms with Crippen LogP contribution in [0.25, 0.3) is 0 Å². The lowest BCUT2D eigenvalue weighted by molar-refractivity contribution is -0.157. The van der Waals surface area contributed by atoms with Crippen LogP contribution in [0.2, 0.25) is 0 Å². The van der Waals surface area contributed by atoms with E-state index < -0.39 is 0 Å². The first-order valence-electron chi connectivity index (χ1n) is 11.0. The molecule has 5 heteroatoms. The molecule has 0 N–H and O–H groups in total. The Morgan fingerprint density at radius 1 is 1.04 bits per heavy atom. The Labute approximate surface area is 162 Å². The predicted molar refractivity (Wildman–Crippen MR) is 103 cm³/mol. The van der Waals surface area contributed by atoms with Crippen LogP contribution >= 0.6 is 0 Å². The van der Waals surface area contributed by atoms with Crippen LogP contribution in [-0.2, 0) is 11.3 Å². The number of aryl methyl sites for hydroxylation is 2. The fourth-order valence-corrected chi connectivity index (χ4v) is 6.99. The van der Waals surface area contributed by atoms with Crippen LogP contribution in [0.3, 0.4) is 0 Å². The van der Waals surface area contributed by atoms with Gasteiger partial charge >= 0.3 is 0 Å². The molecule has 4 saturated carbocycles. The quantitative estimate of drug-likeness (QED) is 0.815. The molecule has 2 heterocycles. The third-order valence-electron chi connectivity index (χ3n) is 7.93. The van der Waals surface area contributed by atoms with Crippen molar-refractivity contribution in [2.45, 2.75) is 65.3 Å². The predicted octanol–water partition coefficient (Wildman–Crippen LogP) is 3.54. The van der Waals surface area contributed by atoms with Crippen molar-refractivity contribution in [2.75, 3.05) is 26.2 Å². The largest absolute Gasteiger partial charge is 0.361 e. The van der Waals surface area contributed by atoms with Gasteiger partial charge in [0.2, 0.25) is 5.91 Å². The number of aromatic nitrogens is 1. The van der Waals surface area contributed by atoms with Crippen molar-refractivity contribution in [1.82, 2.24) is 15.0 Å². The average molecular weight is 372 g/mol. The standard InChI is InChI=1S/C22H33N3O2/c1-15-20(16(2)27-23-15)14-24-4-3-5-25(7-6-24)21(26)22-11-17-8-18(12-22)10-19(9-17)13-22/h17-19H,3-14H2,1-2H3. The van der Waals surface area contributed by atoms with Gasteiger partial charge in [0.25, 0.3) is 0 Å². The molecule has 0 radical (unpaired) electrons. The molecule has 0 atom stereocenters. The van der Waals surface area contributed by atoms with E-state index in [1.807, 2.05) is 13.8 Å². The van der Waals surface area contributed by atoms with Crippen LogP contribution in [0.4, 0.5) is 0 Å². The molecule has 1 aromatic rings. The monoisotopic (exact) mass is 371 g/mol. The van der Waals surface area contributed by atoms with E-state index >= 15 is 0 Å². The molecule has 5 nitrogen and oxygen atoms in total. The summed E-state index contributed by atoms with van der Waals surface area (Å²) in [6, 6.07) is 0. The van der Waals surface area contributed by atoms with Gasteiger partial charge in [-0.15, -0.1) is 0 Å². The van der Waals surface area contributed by atoms with Crippen molar-refractivity contribution in [3.05, 3.63) is 17.0 Å². The van der Waals surface area contributed by atoms with E-state index in [4.69, 9.17) is 4.52 Å². The lowest BCUT2D eigenvalue weighted by Crippen LogP contribution is -2.55. The Bertz CT molecular complexity index is 670. The van der Waals surface area contributed by atoms with Crippen molar-refractivity contribution >= 4 is 5.91 Å². The van der Waals surface area contributed by atoms with Gasteiger partial charge in [-0.3, -0.25) is 9.69 Å². The number of rotatable bonds is 3. The molecule has 1 saturated heterocycles. The zero-order chi connectivity index (χ0) is 18.6. The van der Waals surface area contributed by atoms with Gasteiger partial charge in [-0.1, -0.05) is 5.16 Å². The highest BCUT2D eigenvalue weighted by Gasteiger charge is 2.55. The second kappa shape index (κ2) is 6.61. The molecule has 27 heavy (non-hydrogen) atoms. The number of hydrogen-bond donors (Lipinski definition) is 0. The minimum Gasteiger partial charge on any atom is -0.361 e. The minimum absolute atomic E-state index is 0.00553. The number of amides is 1. The SMILES string of the molecule is Cc1noc(C)c1CN1CCCN(C(=O)C23CC4CC(CC(C4)C2)C3)CC1. The minimum atomic E-state index is 0.00553. The Kier molecular flexibility index (Phi) is 4.34. The number of hydrogen-bond acceptors (Lipinski definition) is 4. The molecule has 6 rings (SSSR count). The maximum atomic E-state index is 13.6. The highest BCUT2D eigenvalue weighted by Crippen LogP contribution is 2.60.